The summed E-state index contributed by atoms with van der Waals surface area (Å²) in [6.07, 6.45) is -0.480. The van der Waals surface area contributed by atoms with Gasteiger partial charge in [0.25, 0.3) is 5.69 Å². The van der Waals surface area contributed by atoms with Crippen molar-refractivity contribution in [3.05, 3.63) is 56.8 Å². The number of aliphatic hydroxyl groups is 1. The highest BCUT2D eigenvalue weighted by molar-refractivity contribution is 7.89. The molecular formula is C13H14N2O5S2. The Kier molecular flexibility index (Phi) is 5.24. The number of nitrogens with zero attached hydrogens (tertiary/aromatic N) is 1. The molecule has 9 heteroatoms. The molecule has 2 aromatic rings. The number of non-ortho nitro benzene ring substituents is 1. The summed E-state index contributed by atoms with van der Waals surface area (Å²) in [6.45, 7) is 0.0678. The molecule has 0 aliphatic rings. The van der Waals surface area contributed by atoms with Crippen molar-refractivity contribution in [3.8, 4) is 0 Å². The van der Waals surface area contributed by atoms with Crippen molar-refractivity contribution in [2.75, 3.05) is 6.54 Å². The van der Waals surface area contributed by atoms with Gasteiger partial charge >= 0.3 is 0 Å². The van der Waals surface area contributed by atoms with Crippen LogP contribution in [-0.2, 0) is 10.0 Å². The summed E-state index contributed by atoms with van der Waals surface area (Å²) in [4.78, 5) is 10.7. The van der Waals surface area contributed by atoms with Crippen LogP contribution in [0.15, 0.2) is 46.7 Å². The molecule has 1 atom stereocenters. The Morgan fingerprint density at radius 3 is 2.50 bits per heavy atom. The summed E-state index contributed by atoms with van der Waals surface area (Å²) < 4.78 is 26.4. The van der Waals surface area contributed by atoms with E-state index < -0.39 is 21.1 Å². The van der Waals surface area contributed by atoms with Gasteiger partial charge in [-0.3, -0.25) is 10.1 Å². The fraction of sp³-hybridized carbons (Fsp3) is 0.231. The van der Waals surface area contributed by atoms with Gasteiger partial charge in [-0.1, -0.05) is 6.07 Å². The first-order valence-electron chi connectivity index (χ1n) is 6.36. The summed E-state index contributed by atoms with van der Waals surface area (Å²) in [5.74, 6) is 0. The lowest BCUT2D eigenvalue weighted by Crippen LogP contribution is -2.25. The third kappa shape index (κ3) is 4.10. The number of thiophene rings is 1. The highest BCUT2D eigenvalue weighted by Gasteiger charge is 2.16. The maximum absolute atomic E-state index is 12.0. The van der Waals surface area contributed by atoms with Crippen LogP contribution in [-0.4, -0.2) is 25.0 Å². The first-order chi connectivity index (χ1) is 10.4. The van der Waals surface area contributed by atoms with E-state index in [-0.39, 0.29) is 23.5 Å². The van der Waals surface area contributed by atoms with Crippen LogP contribution in [0.5, 0.6) is 0 Å². The zero-order valence-electron chi connectivity index (χ0n) is 11.4. The normalized spacial score (nSPS) is 13.0. The summed E-state index contributed by atoms with van der Waals surface area (Å²) >= 11 is 1.40. The molecule has 0 saturated heterocycles. The first kappa shape index (κ1) is 16.6. The van der Waals surface area contributed by atoms with Crippen molar-refractivity contribution in [3.63, 3.8) is 0 Å². The first-order valence-corrected chi connectivity index (χ1v) is 8.72. The van der Waals surface area contributed by atoms with Crippen LogP contribution < -0.4 is 4.72 Å². The minimum atomic E-state index is -3.75. The molecular weight excluding hydrogens is 328 g/mol. The Morgan fingerprint density at radius 2 is 1.95 bits per heavy atom. The van der Waals surface area contributed by atoms with Gasteiger partial charge in [-0.05, 0) is 30.0 Å². The second kappa shape index (κ2) is 6.97. The van der Waals surface area contributed by atoms with Gasteiger partial charge in [0, 0.05) is 23.6 Å². The van der Waals surface area contributed by atoms with Crippen LogP contribution in [0.2, 0.25) is 0 Å². The molecule has 22 heavy (non-hydrogen) atoms. The average Bonchev–Trinajstić information content (AvgIpc) is 3.01. The molecule has 1 aromatic heterocycles. The third-order valence-corrected chi connectivity index (χ3v) is 5.39. The van der Waals surface area contributed by atoms with Gasteiger partial charge in [0.05, 0.1) is 15.9 Å². The average molecular weight is 342 g/mol. The zero-order valence-corrected chi connectivity index (χ0v) is 13.0. The number of aliphatic hydroxyl groups excluding tert-OH is 1. The number of nitro groups is 1. The van der Waals surface area contributed by atoms with E-state index >= 15 is 0 Å². The predicted molar refractivity (Wildman–Crippen MR) is 82.2 cm³/mol. The lowest BCUT2D eigenvalue weighted by molar-refractivity contribution is -0.384. The maximum atomic E-state index is 12.0. The lowest BCUT2D eigenvalue weighted by atomic mass is 10.2. The van der Waals surface area contributed by atoms with E-state index in [0.717, 1.165) is 17.0 Å². The van der Waals surface area contributed by atoms with E-state index in [1.165, 1.54) is 23.5 Å². The molecule has 0 aliphatic heterocycles. The van der Waals surface area contributed by atoms with Crippen LogP contribution >= 0.6 is 11.3 Å². The van der Waals surface area contributed by atoms with Gasteiger partial charge < -0.3 is 5.11 Å². The monoisotopic (exact) mass is 342 g/mol. The summed E-state index contributed by atoms with van der Waals surface area (Å²) in [6, 6.07) is 8.21. The SMILES string of the molecule is O=[N+]([O-])c1ccc(S(=O)(=O)NCCC(O)c2cccs2)cc1. The predicted octanol–water partition coefficient (Wildman–Crippen LogP) is 2.06. The minimum absolute atomic E-state index is 0.0521. The number of nitro benzene ring substituents is 1. The Bertz CT molecular complexity index is 726. The fourth-order valence-electron chi connectivity index (χ4n) is 1.78. The fourth-order valence-corrected chi connectivity index (χ4v) is 3.58. The lowest BCUT2D eigenvalue weighted by Gasteiger charge is -2.10. The molecule has 1 unspecified atom stereocenters. The van der Waals surface area contributed by atoms with Crippen LogP contribution in [0.3, 0.4) is 0 Å². The third-order valence-electron chi connectivity index (χ3n) is 2.94. The van der Waals surface area contributed by atoms with E-state index in [2.05, 4.69) is 4.72 Å². The Hall–Kier alpha value is -1.81. The molecule has 7 nitrogen and oxygen atoms in total. The van der Waals surface area contributed by atoms with E-state index in [4.69, 9.17) is 0 Å². The molecule has 0 aliphatic carbocycles. The molecule has 0 radical (unpaired) electrons. The van der Waals surface area contributed by atoms with E-state index in [9.17, 15) is 23.6 Å². The van der Waals surface area contributed by atoms with E-state index in [1.807, 2.05) is 11.4 Å². The van der Waals surface area contributed by atoms with Crippen LogP contribution in [0.4, 0.5) is 5.69 Å². The van der Waals surface area contributed by atoms with Crippen molar-refractivity contribution >= 4 is 27.0 Å². The Labute approximate surface area is 131 Å². The molecule has 0 amide bonds. The molecule has 118 valence electrons. The van der Waals surface area contributed by atoms with Crippen molar-refractivity contribution in [1.82, 2.24) is 4.72 Å². The summed E-state index contributed by atoms with van der Waals surface area (Å²) in [5.41, 5.74) is -0.174. The molecule has 0 saturated carbocycles. The number of sulfonamides is 1. The number of nitrogens with one attached hydrogen (secondary N) is 1. The Morgan fingerprint density at radius 1 is 1.27 bits per heavy atom. The van der Waals surface area contributed by atoms with Gasteiger partial charge in [0.1, 0.15) is 0 Å². The summed E-state index contributed by atoms with van der Waals surface area (Å²) in [5, 5.41) is 22.2. The molecule has 2 rings (SSSR count). The second-order valence-corrected chi connectivity index (χ2v) is 7.21. The number of hydrogen-bond acceptors (Lipinski definition) is 6. The van der Waals surface area contributed by atoms with Gasteiger partial charge in [-0.15, -0.1) is 11.3 Å². The zero-order chi connectivity index (χ0) is 16.2. The van der Waals surface area contributed by atoms with Crippen LogP contribution in [0.25, 0.3) is 0 Å². The summed E-state index contributed by atoms with van der Waals surface area (Å²) in [7, 11) is -3.75. The van der Waals surface area contributed by atoms with Gasteiger partial charge in [0.2, 0.25) is 10.0 Å². The topological polar surface area (TPSA) is 110 Å². The van der Waals surface area contributed by atoms with Crippen molar-refractivity contribution in [2.45, 2.75) is 17.4 Å². The van der Waals surface area contributed by atoms with E-state index in [0.29, 0.717) is 0 Å². The van der Waals surface area contributed by atoms with Gasteiger partial charge in [-0.2, -0.15) is 0 Å². The number of hydrogen-bond donors (Lipinski definition) is 2. The minimum Gasteiger partial charge on any atom is -0.388 e. The molecule has 0 bridgehead atoms. The van der Waals surface area contributed by atoms with Crippen LogP contribution in [0.1, 0.15) is 17.4 Å². The maximum Gasteiger partial charge on any atom is 0.269 e. The number of benzene rings is 1. The number of rotatable bonds is 7. The van der Waals surface area contributed by atoms with Crippen molar-refractivity contribution in [1.29, 1.82) is 0 Å². The molecule has 0 fully saturated rings. The Balaban J connectivity index is 1.95. The van der Waals surface area contributed by atoms with Crippen LogP contribution in [0, 0.1) is 10.1 Å². The highest BCUT2D eigenvalue weighted by atomic mass is 32.2. The largest absolute Gasteiger partial charge is 0.388 e. The molecule has 0 spiro atoms. The van der Waals surface area contributed by atoms with Gasteiger partial charge in [-0.25, -0.2) is 13.1 Å². The molecule has 2 N–H and O–H groups in total. The van der Waals surface area contributed by atoms with Crippen molar-refractivity contribution in [2.24, 2.45) is 0 Å². The molecule has 1 aromatic carbocycles. The second-order valence-electron chi connectivity index (χ2n) is 4.47. The van der Waals surface area contributed by atoms with Gasteiger partial charge in [0.15, 0.2) is 0 Å². The standard InChI is InChI=1S/C13H14N2O5S2/c16-12(13-2-1-9-21-13)7-8-14-22(19,20)11-5-3-10(4-6-11)15(17)18/h1-6,9,12,14,16H,7-8H2. The molecule has 1 heterocycles. The van der Waals surface area contributed by atoms with Crippen molar-refractivity contribution < 1.29 is 18.4 Å². The highest BCUT2D eigenvalue weighted by Crippen LogP contribution is 2.21. The smallest absolute Gasteiger partial charge is 0.269 e. The quantitative estimate of drug-likeness (QED) is 0.591. The van der Waals surface area contributed by atoms with E-state index in [1.54, 1.807) is 6.07 Å².